The van der Waals surface area contributed by atoms with Crippen LogP contribution in [0.4, 0.5) is 0 Å². The molecule has 34 heavy (non-hydrogen) atoms. The monoisotopic (exact) mass is 472 g/mol. The van der Waals surface area contributed by atoms with Crippen molar-refractivity contribution in [1.82, 2.24) is 0 Å². The van der Waals surface area contributed by atoms with Crippen LogP contribution in [-0.4, -0.2) is 33.5 Å². The maximum atomic E-state index is 12.8. The number of aliphatic carboxylic acids is 1. The summed E-state index contributed by atoms with van der Waals surface area (Å²) in [7, 11) is 0. The average molecular weight is 473 g/mol. The number of carboxylic acid groups (broad SMARTS) is 1. The Bertz CT molecular complexity index is 894. The Labute approximate surface area is 206 Å². The van der Waals surface area contributed by atoms with E-state index in [1.807, 2.05) is 0 Å². The van der Waals surface area contributed by atoms with Crippen LogP contribution in [-0.2, 0) is 4.79 Å². The van der Waals surface area contributed by atoms with E-state index >= 15 is 0 Å². The molecule has 0 aromatic carbocycles. The van der Waals surface area contributed by atoms with Gasteiger partial charge in [0, 0.05) is 0 Å². The van der Waals surface area contributed by atoms with Crippen LogP contribution >= 0.6 is 0 Å². The molecule has 3 N–H and O–H groups in total. The third-order valence-electron chi connectivity index (χ3n) is 13.4. The summed E-state index contributed by atoms with van der Waals surface area (Å²) in [6.45, 7) is 18.2. The van der Waals surface area contributed by atoms with Gasteiger partial charge in [-0.1, -0.05) is 46.8 Å². The van der Waals surface area contributed by atoms with Gasteiger partial charge in [-0.2, -0.15) is 0 Å². The van der Waals surface area contributed by atoms with Crippen molar-refractivity contribution < 1.29 is 20.1 Å². The molecule has 0 bridgehead atoms. The summed E-state index contributed by atoms with van der Waals surface area (Å²) >= 11 is 0. The molecule has 192 valence electrons. The second-order valence-electron chi connectivity index (χ2n) is 14.7. The first-order valence-electron chi connectivity index (χ1n) is 13.9. The fourth-order valence-electron chi connectivity index (χ4n) is 11.7. The predicted molar refractivity (Wildman–Crippen MR) is 134 cm³/mol. The number of aliphatic hydroxyl groups excluding tert-OH is 2. The van der Waals surface area contributed by atoms with E-state index in [-0.39, 0.29) is 27.6 Å². The summed E-state index contributed by atoms with van der Waals surface area (Å²) in [4.78, 5) is 12.8. The molecule has 0 saturated heterocycles. The predicted octanol–water partition coefficient (Wildman–Crippen LogP) is 6.06. The summed E-state index contributed by atoms with van der Waals surface area (Å²) in [5.41, 5.74) is 0.501. The molecular weight excluding hydrogens is 424 g/mol. The van der Waals surface area contributed by atoms with Gasteiger partial charge in [0.05, 0.1) is 17.6 Å². The Kier molecular flexibility index (Phi) is 5.36. The molecule has 0 unspecified atom stereocenters. The summed E-state index contributed by atoms with van der Waals surface area (Å²) in [6.07, 6.45) is 7.32. The van der Waals surface area contributed by atoms with Crippen molar-refractivity contribution in [2.75, 3.05) is 0 Å². The van der Waals surface area contributed by atoms with Crippen LogP contribution < -0.4 is 0 Å². The molecule has 4 heteroatoms. The molecule has 0 heterocycles. The van der Waals surface area contributed by atoms with E-state index < -0.39 is 23.6 Å². The molecule has 5 rings (SSSR count). The van der Waals surface area contributed by atoms with Crippen molar-refractivity contribution in [1.29, 1.82) is 0 Å². The van der Waals surface area contributed by atoms with Gasteiger partial charge >= 0.3 is 5.97 Å². The van der Waals surface area contributed by atoms with Crippen LogP contribution in [0.1, 0.15) is 99.3 Å². The van der Waals surface area contributed by atoms with Gasteiger partial charge in [0.1, 0.15) is 0 Å². The van der Waals surface area contributed by atoms with Gasteiger partial charge in [-0.25, -0.2) is 0 Å². The lowest BCUT2D eigenvalue weighted by molar-refractivity contribution is -0.263. The Morgan fingerprint density at radius 2 is 1.53 bits per heavy atom. The molecular formula is C30H48O4. The van der Waals surface area contributed by atoms with Crippen molar-refractivity contribution >= 4 is 5.97 Å². The van der Waals surface area contributed by atoms with Gasteiger partial charge in [0.25, 0.3) is 0 Å². The lowest BCUT2D eigenvalue weighted by atomic mass is 9.32. The summed E-state index contributed by atoms with van der Waals surface area (Å²) in [5.74, 6) is 1.24. The summed E-state index contributed by atoms with van der Waals surface area (Å²) < 4.78 is 0. The highest BCUT2D eigenvalue weighted by Crippen LogP contribution is 2.77. The van der Waals surface area contributed by atoms with Crippen molar-refractivity contribution in [3.05, 3.63) is 12.2 Å². The number of hydrogen-bond acceptors (Lipinski definition) is 3. The molecule has 0 spiro atoms. The molecule has 5 fully saturated rings. The molecule has 0 aromatic rings. The molecule has 11 atom stereocenters. The molecule has 0 aromatic heterocycles. The van der Waals surface area contributed by atoms with E-state index in [9.17, 15) is 20.1 Å². The van der Waals surface area contributed by atoms with E-state index in [0.717, 1.165) is 51.4 Å². The van der Waals surface area contributed by atoms with Crippen LogP contribution in [0.3, 0.4) is 0 Å². The first kappa shape index (κ1) is 24.8. The largest absolute Gasteiger partial charge is 0.481 e. The van der Waals surface area contributed by atoms with Crippen LogP contribution in [0.25, 0.3) is 0 Å². The zero-order valence-corrected chi connectivity index (χ0v) is 22.4. The summed E-state index contributed by atoms with van der Waals surface area (Å²) in [5, 5.41) is 32.4. The third-order valence-corrected chi connectivity index (χ3v) is 13.4. The van der Waals surface area contributed by atoms with Crippen molar-refractivity contribution in [3.63, 3.8) is 0 Å². The molecule has 0 radical (unpaired) electrons. The van der Waals surface area contributed by atoms with Gasteiger partial charge in [-0.05, 0) is 116 Å². The van der Waals surface area contributed by atoms with E-state index in [0.29, 0.717) is 30.1 Å². The van der Waals surface area contributed by atoms with Crippen LogP contribution in [0.5, 0.6) is 0 Å². The second-order valence-corrected chi connectivity index (χ2v) is 14.7. The number of carboxylic acids is 1. The van der Waals surface area contributed by atoms with E-state index in [2.05, 4.69) is 48.1 Å². The Morgan fingerprint density at radius 3 is 2.15 bits per heavy atom. The molecule has 5 saturated carbocycles. The molecule has 4 nitrogen and oxygen atoms in total. The first-order valence-corrected chi connectivity index (χ1v) is 13.9. The van der Waals surface area contributed by atoms with Gasteiger partial charge < -0.3 is 15.3 Å². The minimum Gasteiger partial charge on any atom is -0.481 e. The minimum absolute atomic E-state index is 0.00606. The van der Waals surface area contributed by atoms with E-state index in [1.54, 1.807) is 0 Å². The number of carbonyl (C=O) groups is 1. The van der Waals surface area contributed by atoms with Crippen molar-refractivity contribution in [2.24, 2.45) is 56.7 Å². The van der Waals surface area contributed by atoms with Crippen molar-refractivity contribution in [3.8, 4) is 0 Å². The zero-order chi connectivity index (χ0) is 25.1. The molecule has 0 amide bonds. The zero-order valence-electron chi connectivity index (χ0n) is 22.4. The smallest absolute Gasteiger partial charge is 0.309 e. The molecule has 0 aliphatic heterocycles. The Balaban J connectivity index is 1.57. The van der Waals surface area contributed by atoms with Gasteiger partial charge in [0.2, 0.25) is 0 Å². The average Bonchev–Trinajstić information content (AvgIpc) is 3.14. The quantitative estimate of drug-likeness (QED) is 0.427. The highest BCUT2D eigenvalue weighted by Gasteiger charge is 2.72. The minimum atomic E-state index is -0.669. The van der Waals surface area contributed by atoms with Gasteiger partial charge in [0.15, 0.2) is 0 Å². The maximum Gasteiger partial charge on any atom is 0.309 e. The van der Waals surface area contributed by atoms with E-state index in [1.165, 1.54) is 5.57 Å². The fourth-order valence-corrected chi connectivity index (χ4v) is 11.7. The fraction of sp³-hybridized carbons (Fsp3) is 0.900. The maximum absolute atomic E-state index is 12.8. The second kappa shape index (κ2) is 7.34. The number of hydrogen-bond donors (Lipinski definition) is 3. The lowest BCUT2D eigenvalue weighted by Crippen LogP contribution is -2.68. The van der Waals surface area contributed by atoms with Crippen LogP contribution in [0, 0.1) is 56.7 Å². The topological polar surface area (TPSA) is 77.8 Å². The van der Waals surface area contributed by atoms with Crippen LogP contribution in [0.15, 0.2) is 12.2 Å². The van der Waals surface area contributed by atoms with Gasteiger partial charge in [-0.15, -0.1) is 0 Å². The summed E-state index contributed by atoms with van der Waals surface area (Å²) in [6, 6.07) is 0. The Hall–Kier alpha value is -0.870. The number of rotatable bonds is 2. The number of aliphatic hydroxyl groups is 2. The number of allylic oxidation sites excluding steroid dienone is 1. The van der Waals surface area contributed by atoms with Crippen LogP contribution in [0.2, 0.25) is 0 Å². The highest BCUT2D eigenvalue weighted by molar-refractivity contribution is 5.76. The third kappa shape index (κ3) is 2.76. The van der Waals surface area contributed by atoms with Gasteiger partial charge in [-0.3, -0.25) is 4.79 Å². The molecule has 5 aliphatic carbocycles. The SMILES string of the molecule is C=C(C)[C@@H]1CC[C@]2(C(=O)O)CC[C@]3(C)[C@H](CC[C@H]4[C@@]5(C)C[C@@H](O)[C@H](O)C(C)(C)[C@@H]5CC[C@]43C)[C@@H]12. The first-order chi connectivity index (χ1) is 15.7. The lowest BCUT2D eigenvalue weighted by Gasteiger charge is -2.73. The normalized spacial score (nSPS) is 55.9. The van der Waals surface area contributed by atoms with Crippen molar-refractivity contribution in [2.45, 2.75) is 112 Å². The van der Waals surface area contributed by atoms with E-state index in [4.69, 9.17) is 0 Å². The Morgan fingerprint density at radius 1 is 0.853 bits per heavy atom. The number of fused-ring (bicyclic) bond motifs is 7. The highest BCUT2D eigenvalue weighted by atomic mass is 16.4. The molecule has 5 aliphatic rings. The standard InChI is InChI=1S/C30H48O4/c1-17(2)18-10-13-30(25(33)34)15-14-28(6)19(23(18)30)8-9-22-27(5)16-20(31)24(32)26(3,4)21(27)11-12-29(22,28)7/h18-24,31-32H,1,8-16H2,2-7H3,(H,33,34)/t18-,19+,20+,21-,22-,23+,24-,27-,28+,29+,30-/m0/s1.